The average molecular weight is 706 g/mol. The van der Waals surface area contributed by atoms with Gasteiger partial charge in [-0.15, -0.1) is 0 Å². The minimum absolute atomic E-state index is 0.0694. The summed E-state index contributed by atoms with van der Waals surface area (Å²) in [4.78, 5) is 2.57. The van der Waals surface area contributed by atoms with Gasteiger partial charge in [0.1, 0.15) is 0 Å². The van der Waals surface area contributed by atoms with Crippen LogP contribution in [0, 0.1) is 13.5 Å². The van der Waals surface area contributed by atoms with Gasteiger partial charge < -0.3 is 13.9 Å². The highest BCUT2D eigenvalue weighted by Gasteiger charge is 2.54. The average Bonchev–Trinajstić information content (AvgIpc) is 2.98. The highest BCUT2D eigenvalue weighted by Crippen LogP contribution is 2.43. The van der Waals surface area contributed by atoms with Gasteiger partial charge in [-0.1, -0.05) is 123 Å². The third-order valence-electron chi connectivity index (χ3n) is 10.6. The Bertz CT molecular complexity index is 1220. The minimum atomic E-state index is -3.97. The first-order chi connectivity index (χ1) is 22.4. The van der Waals surface area contributed by atoms with Crippen LogP contribution in [0.5, 0.6) is 0 Å². The predicted molar refractivity (Wildman–Crippen MR) is 203 cm³/mol. The van der Waals surface area contributed by atoms with Crippen molar-refractivity contribution in [1.82, 2.24) is 0 Å². The third kappa shape index (κ3) is 13.1. The molecule has 0 aromatic heterocycles. The number of nitrogens with zero attached hydrogens (tertiary/aromatic N) is 1. The van der Waals surface area contributed by atoms with E-state index in [1.165, 1.54) is 64.2 Å². The van der Waals surface area contributed by atoms with Gasteiger partial charge in [-0.25, -0.2) is 15.0 Å². The first-order valence-electron chi connectivity index (χ1n) is 19.2. The molecule has 6 nitrogen and oxygen atoms in total. The summed E-state index contributed by atoms with van der Waals surface area (Å²) in [6, 6.07) is 6.91. The third-order valence-corrected chi connectivity index (χ3v) is 17.5. The molecule has 48 heavy (non-hydrogen) atoms. The molecule has 276 valence electrons. The number of hydrogen-bond donors (Lipinski definition) is 0. The molecule has 1 fully saturated rings. The number of sulfone groups is 1. The highest BCUT2D eigenvalue weighted by atomic mass is 32.2. The lowest BCUT2D eigenvalue weighted by Crippen LogP contribution is -2.50. The molecule has 0 aliphatic carbocycles. The lowest BCUT2D eigenvalue weighted by Gasteiger charge is -2.44. The van der Waals surface area contributed by atoms with Crippen LogP contribution in [0.3, 0.4) is 0 Å². The van der Waals surface area contributed by atoms with Crippen molar-refractivity contribution < 1.29 is 22.3 Å². The summed E-state index contributed by atoms with van der Waals surface area (Å²) in [6.45, 7) is 29.5. The Hall–Kier alpha value is -1.24. The summed E-state index contributed by atoms with van der Waals surface area (Å²) in [5.74, 6) is -0.735. The molecule has 0 bridgehead atoms. The van der Waals surface area contributed by atoms with E-state index in [1.54, 1.807) is 12.1 Å². The quantitative estimate of drug-likeness (QED) is 0.0682. The Kier molecular flexibility index (Phi) is 17.3. The van der Waals surface area contributed by atoms with Crippen LogP contribution in [-0.2, 0) is 23.7 Å². The van der Waals surface area contributed by atoms with Crippen molar-refractivity contribution >= 4 is 18.2 Å². The lowest BCUT2D eigenvalue weighted by molar-refractivity contribution is -0.303. The molecule has 0 radical (unpaired) electrons. The van der Waals surface area contributed by atoms with E-state index in [2.05, 4.69) is 45.6 Å². The van der Waals surface area contributed by atoms with Crippen molar-refractivity contribution in [2.75, 3.05) is 0 Å². The van der Waals surface area contributed by atoms with Crippen LogP contribution in [0.15, 0.2) is 29.2 Å². The lowest BCUT2D eigenvalue weighted by atomic mass is 9.95. The van der Waals surface area contributed by atoms with E-state index in [0.29, 0.717) is 12.8 Å². The van der Waals surface area contributed by atoms with Crippen molar-refractivity contribution in [2.45, 2.75) is 217 Å². The molecule has 1 unspecified atom stereocenters. The van der Waals surface area contributed by atoms with Gasteiger partial charge in [0.05, 0.1) is 29.6 Å². The Balaban J connectivity index is 2.19. The van der Waals surface area contributed by atoms with Gasteiger partial charge >= 0.3 is 4.87 Å². The van der Waals surface area contributed by atoms with E-state index in [4.69, 9.17) is 20.5 Å². The molecule has 0 saturated carbocycles. The van der Waals surface area contributed by atoms with Gasteiger partial charge in [0.25, 0.3) is 9.84 Å². The van der Waals surface area contributed by atoms with E-state index < -0.39 is 34.9 Å². The SMILES string of the molecule is [C-]#[N+]C(CCC)(C[C@@H](C[C@H]1C[C@@H](CCCCCCCCCCCCC)OC(C)(C)O1)O[Si](C)(C)C(C)(C)C)S(=O)(=O)c1ccc(C)cc1. The van der Waals surface area contributed by atoms with Crippen molar-refractivity contribution in [3.63, 3.8) is 0 Å². The van der Waals surface area contributed by atoms with Crippen molar-refractivity contribution in [2.24, 2.45) is 0 Å². The molecule has 1 aromatic carbocycles. The fourth-order valence-electron chi connectivity index (χ4n) is 6.83. The Morgan fingerprint density at radius 2 is 1.42 bits per heavy atom. The maximum absolute atomic E-state index is 14.3. The normalized spacial score (nSPS) is 20.6. The second-order valence-electron chi connectivity index (χ2n) is 16.5. The standard InChI is InChI=1S/C40H71NO5SSi/c1-12-14-15-16-17-18-19-20-21-22-23-24-34-30-35(45-39(7,8)44-34)31-36(46-48(10,11)38(4,5)6)32-40(41-9,29-13-2)47(42,43)37-27-25-33(3)26-28-37/h25-28,34-36H,12-24,29-32H2,1-8,10-11H3/t34-,35-,36-,40?/m1/s1. The number of ether oxygens (including phenoxy) is 2. The maximum atomic E-state index is 14.3. The first-order valence-corrected chi connectivity index (χ1v) is 23.5. The molecular weight excluding hydrogens is 635 g/mol. The Labute approximate surface area is 297 Å². The zero-order valence-corrected chi connectivity index (χ0v) is 34.3. The summed E-state index contributed by atoms with van der Waals surface area (Å²) < 4.78 is 48.6. The largest absolute Gasteiger partial charge is 0.413 e. The van der Waals surface area contributed by atoms with Gasteiger partial charge in [0.2, 0.25) is 0 Å². The molecule has 1 aliphatic heterocycles. The number of hydrogen-bond acceptors (Lipinski definition) is 5. The molecule has 0 spiro atoms. The molecule has 2 rings (SSSR count). The summed E-state index contributed by atoms with van der Waals surface area (Å²) >= 11 is 0. The van der Waals surface area contributed by atoms with Crippen LogP contribution >= 0.6 is 0 Å². The molecular formula is C40H71NO5SSi. The summed E-state index contributed by atoms with van der Waals surface area (Å²) in [7, 11) is -6.29. The van der Waals surface area contributed by atoms with Crippen LogP contribution in [-0.4, -0.2) is 45.7 Å². The molecule has 1 aromatic rings. The molecule has 8 heteroatoms. The van der Waals surface area contributed by atoms with Crippen LogP contribution in [0.4, 0.5) is 0 Å². The zero-order valence-electron chi connectivity index (χ0n) is 32.5. The summed E-state index contributed by atoms with van der Waals surface area (Å²) in [6.07, 6.45) is 17.2. The van der Waals surface area contributed by atoms with E-state index >= 15 is 0 Å². The molecule has 4 atom stereocenters. The van der Waals surface area contributed by atoms with Crippen molar-refractivity contribution in [3.05, 3.63) is 41.2 Å². The van der Waals surface area contributed by atoms with E-state index in [0.717, 1.165) is 24.8 Å². The number of unbranched alkanes of at least 4 members (excludes halogenated alkanes) is 10. The molecule has 1 heterocycles. The van der Waals surface area contributed by atoms with Crippen molar-refractivity contribution in [1.29, 1.82) is 0 Å². The molecule has 0 N–H and O–H groups in total. The van der Waals surface area contributed by atoms with Crippen LogP contribution < -0.4 is 0 Å². The second-order valence-corrected chi connectivity index (χ2v) is 23.5. The van der Waals surface area contributed by atoms with Gasteiger partial charge in [-0.2, -0.15) is 0 Å². The van der Waals surface area contributed by atoms with Gasteiger partial charge in [0.15, 0.2) is 14.1 Å². The summed E-state index contributed by atoms with van der Waals surface area (Å²) in [5, 5.41) is -0.0694. The first kappa shape index (κ1) is 42.9. The zero-order chi connectivity index (χ0) is 36.1. The van der Waals surface area contributed by atoms with Crippen molar-refractivity contribution in [3.8, 4) is 0 Å². The molecule has 0 amide bonds. The predicted octanol–water partition coefficient (Wildman–Crippen LogP) is 12.0. The molecule has 1 aliphatic rings. The van der Waals surface area contributed by atoms with Gasteiger partial charge in [-0.3, -0.25) is 4.85 Å². The maximum Gasteiger partial charge on any atom is 0.335 e. The fourth-order valence-corrected chi connectivity index (χ4v) is 10.1. The van der Waals surface area contributed by atoms with Crippen LogP contribution in [0.2, 0.25) is 18.1 Å². The smallest absolute Gasteiger partial charge is 0.335 e. The van der Waals surface area contributed by atoms with E-state index in [9.17, 15) is 8.42 Å². The van der Waals surface area contributed by atoms with E-state index in [1.807, 2.05) is 39.8 Å². The second kappa shape index (κ2) is 19.4. The van der Waals surface area contributed by atoms with Gasteiger partial charge in [0, 0.05) is 12.8 Å². The van der Waals surface area contributed by atoms with Crippen LogP contribution in [0.1, 0.15) is 163 Å². The monoisotopic (exact) mass is 705 g/mol. The number of rotatable bonds is 22. The Morgan fingerprint density at radius 1 is 0.896 bits per heavy atom. The van der Waals surface area contributed by atoms with Gasteiger partial charge in [-0.05, 0) is 70.3 Å². The topological polar surface area (TPSA) is 66.2 Å². The fraction of sp³-hybridized carbons (Fsp3) is 0.825. The number of aryl methyl sites for hydroxylation is 1. The van der Waals surface area contributed by atoms with E-state index in [-0.39, 0.29) is 35.0 Å². The highest BCUT2D eigenvalue weighted by molar-refractivity contribution is 7.93. The van der Waals surface area contributed by atoms with Crippen LogP contribution in [0.25, 0.3) is 4.85 Å². The summed E-state index contributed by atoms with van der Waals surface area (Å²) in [5.41, 5.74) is 0.985. The minimum Gasteiger partial charge on any atom is -0.413 e. The Morgan fingerprint density at radius 3 is 1.92 bits per heavy atom. The molecule has 1 saturated heterocycles. The number of benzene rings is 1.